The standard InChI is InChI=1S/C8H8ClNO2/c1-4-2-7(11)6(9)3-5(4)8(10)12/h2-3,11H,1H3,(H2,10,12). The lowest BCUT2D eigenvalue weighted by atomic mass is 10.1. The van der Waals surface area contributed by atoms with Crippen molar-refractivity contribution in [1.29, 1.82) is 0 Å². The van der Waals surface area contributed by atoms with Gasteiger partial charge in [-0.15, -0.1) is 0 Å². The number of primary amides is 1. The predicted octanol–water partition coefficient (Wildman–Crippen LogP) is 1.45. The second-order valence-electron chi connectivity index (χ2n) is 2.48. The number of hydrogen-bond donors (Lipinski definition) is 2. The van der Waals surface area contributed by atoms with Crippen LogP contribution in [0.2, 0.25) is 5.02 Å². The maximum atomic E-state index is 10.8. The molecule has 1 aromatic rings. The number of benzene rings is 1. The summed E-state index contributed by atoms with van der Waals surface area (Å²) in [6.07, 6.45) is 0. The summed E-state index contributed by atoms with van der Waals surface area (Å²) in [6.45, 7) is 1.68. The summed E-state index contributed by atoms with van der Waals surface area (Å²) >= 11 is 5.57. The smallest absolute Gasteiger partial charge is 0.249 e. The number of aryl methyl sites for hydroxylation is 1. The van der Waals surface area contributed by atoms with E-state index in [9.17, 15) is 4.79 Å². The Balaban J connectivity index is 3.33. The summed E-state index contributed by atoms with van der Waals surface area (Å²) in [5.41, 5.74) is 6.00. The van der Waals surface area contributed by atoms with Crippen LogP contribution in [0.5, 0.6) is 5.75 Å². The molecule has 0 saturated heterocycles. The number of nitrogens with two attached hydrogens (primary N) is 1. The second kappa shape index (κ2) is 3.03. The average Bonchev–Trinajstić information content (AvgIpc) is 1.96. The number of carbonyl (C=O) groups excluding carboxylic acids is 1. The second-order valence-corrected chi connectivity index (χ2v) is 2.89. The Bertz CT molecular complexity index is 336. The molecule has 0 aliphatic rings. The van der Waals surface area contributed by atoms with Crippen LogP contribution < -0.4 is 5.73 Å². The molecule has 0 unspecified atom stereocenters. The first-order chi connectivity index (χ1) is 5.52. The highest BCUT2D eigenvalue weighted by atomic mass is 35.5. The minimum atomic E-state index is -0.547. The van der Waals surface area contributed by atoms with E-state index in [4.69, 9.17) is 22.4 Å². The molecule has 1 amide bonds. The van der Waals surface area contributed by atoms with Crippen LogP contribution in [0.15, 0.2) is 12.1 Å². The van der Waals surface area contributed by atoms with Gasteiger partial charge in [-0.1, -0.05) is 11.6 Å². The van der Waals surface area contributed by atoms with Crippen LogP contribution in [0.1, 0.15) is 15.9 Å². The van der Waals surface area contributed by atoms with Gasteiger partial charge in [0.05, 0.1) is 5.02 Å². The molecule has 4 heteroatoms. The summed E-state index contributed by atoms with van der Waals surface area (Å²) in [5, 5.41) is 9.26. The first kappa shape index (κ1) is 8.87. The fraction of sp³-hybridized carbons (Fsp3) is 0.125. The summed E-state index contributed by atoms with van der Waals surface area (Å²) < 4.78 is 0. The zero-order chi connectivity index (χ0) is 9.30. The molecule has 0 atom stereocenters. The molecule has 0 aliphatic carbocycles. The van der Waals surface area contributed by atoms with Crippen LogP contribution in [0.25, 0.3) is 0 Å². The molecule has 12 heavy (non-hydrogen) atoms. The Hall–Kier alpha value is -1.22. The van der Waals surface area contributed by atoms with E-state index in [2.05, 4.69) is 0 Å². The molecule has 3 N–H and O–H groups in total. The molecule has 0 aromatic heterocycles. The maximum Gasteiger partial charge on any atom is 0.249 e. The molecule has 0 spiro atoms. The molecule has 0 saturated carbocycles. The number of phenols is 1. The summed E-state index contributed by atoms with van der Waals surface area (Å²) in [7, 11) is 0. The minimum Gasteiger partial charge on any atom is -0.506 e. The lowest BCUT2D eigenvalue weighted by Crippen LogP contribution is -2.12. The Morgan fingerprint density at radius 3 is 2.67 bits per heavy atom. The molecule has 64 valence electrons. The van der Waals surface area contributed by atoms with Crippen LogP contribution in [-0.2, 0) is 0 Å². The number of phenolic OH excluding ortho intramolecular Hbond substituents is 1. The largest absolute Gasteiger partial charge is 0.506 e. The fourth-order valence-corrected chi connectivity index (χ4v) is 1.10. The van der Waals surface area contributed by atoms with E-state index in [0.29, 0.717) is 11.1 Å². The van der Waals surface area contributed by atoms with Crippen molar-refractivity contribution in [3.63, 3.8) is 0 Å². The van der Waals surface area contributed by atoms with E-state index in [0.717, 1.165) is 0 Å². The third kappa shape index (κ3) is 1.51. The van der Waals surface area contributed by atoms with Crippen molar-refractivity contribution < 1.29 is 9.90 Å². The number of halogens is 1. The molecular formula is C8H8ClNO2. The van der Waals surface area contributed by atoms with Gasteiger partial charge < -0.3 is 10.8 Å². The van der Waals surface area contributed by atoms with Crippen LogP contribution in [-0.4, -0.2) is 11.0 Å². The Labute approximate surface area is 74.8 Å². The highest BCUT2D eigenvalue weighted by molar-refractivity contribution is 6.32. The van der Waals surface area contributed by atoms with Crippen LogP contribution >= 0.6 is 11.6 Å². The minimum absolute atomic E-state index is 0.0424. The van der Waals surface area contributed by atoms with Crippen LogP contribution in [0.4, 0.5) is 0 Å². The van der Waals surface area contributed by atoms with Crippen molar-refractivity contribution in [1.82, 2.24) is 0 Å². The topological polar surface area (TPSA) is 63.3 Å². The lowest BCUT2D eigenvalue weighted by molar-refractivity contribution is 0.0999. The maximum absolute atomic E-state index is 10.8. The van der Waals surface area contributed by atoms with Crippen molar-refractivity contribution in [2.45, 2.75) is 6.92 Å². The molecule has 1 aromatic carbocycles. The third-order valence-electron chi connectivity index (χ3n) is 1.56. The molecule has 1 rings (SSSR count). The zero-order valence-electron chi connectivity index (χ0n) is 6.47. The molecule has 0 aliphatic heterocycles. The SMILES string of the molecule is Cc1cc(O)c(Cl)cc1C(N)=O. The molecular weight excluding hydrogens is 178 g/mol. The van der Waals surface area contributed by atoms with Gasteiger partial charge in [-0.25, -0.2) is 0 Å². The van der Waals surface area contributed by atoms with Crippen LogP contribution in [0.3, 0.4) is 0 Å². The molecule has 0 heterocycles. The molecule has 0 fully saturated rings. The van der Waals surface area contributed by atoms with Gasteiger partial charge in [0, 0.05) is 5.56 Å². The first-order valence-electron chi connectivity index (χ1n) is 3.31. The van der Waals surface area contributed by atoms with E-state index >= 15 is 0 Å². The van der Waals surface area contributed by atoms with Crippen molar-refractivity contribution in [3.8, 4) is 5.75 Å². The van der Waals surface area contributed by atoms with E-state index < -0.39 is 5.91 Å². The van der Waals surface area contributed by atoms with Gasteiger partial charge in [0.15, 0.2) is 0 Å². The van der Waals surface area contributed by atoms with E-state index in [1.165, 1.54) is 12.1 Å². The Morgan fingerprint density at radius 1 is 1.58 bits per heavy atom. The number of rotatable bonds is 1. The Morgan fingerprint density at radius 2 is 2.17 bits per heavy atom. The van der Waals surface area contributed by atoms with Gasteiger partial charge in [0.2, 0.25) is 5.91 Å². The number of aromatic hydroxyl groups is 1. The summed E-state index contributed by atoms with van der Waals surface area (Å²) in [6, 6.07) is 2.76. The summed E-state index contributed by atoms with van der Waals surface area (Å²) in [5.74, 6) is -0.589. The van der Waals surface area contributed by atoms with Gasteiger partial charge in [-0.2, -0.15) is 0 Å². The van der Waals surface area contributed by atoms with E-state index in [-0.39, 0.29) is 10.8 Å². The van der Waals surface area contributed by atoms with Crippen molar-refractivity contribution in [2.24, 2.45) is 5.73 Å². The van der Waals surface area contributed by atoms with Gasteiger partial charge >= 0.3 is 0 Å². The zero-order valence-corrected chi connectivity index (χ0v) is 7.22. The highest BCUT2D eigenvalue weighted by Gasteiger charge is 2.08. The van der Waals surface area contributed by atoms with Gasteiger partial charge in [0.1, 0.15) is 5.75 Å². The summed E-state index contributed by atoms with van der Waals surface area (Å²) in [4.78, 5) is 10.8. The number of hydrogen-bond acceptors (Lipinski definition) is 2. The number of carbonyl (C=O) groups is 1. The van der Waals surface area contributed by atoms with E-state index in [1.807, 2.05) is 0 Å². The lowest BCUT2D eigenvalue weighted by Gasteiger charge is -2.03. The molecule has 3 nitrogen and oxygen atoms in total. The Kier molecular flexibility index (Phi) is 2.24. The van der Waals surface area contributed by atoms with Gasteiger partial charge in [-0.3, -0.25) is 4.79 Å². The quantitative estimate of drug-likeness (QED) is 0.696. The molecule has 0 radical (unpaired) electrons. The highest BCUT2D eigenvalue weighted by Crippen LogP contribution is 2.26. The monoisotopic (exact) mass is 185 g/mol. The van der Waals surface area contributed by atoms with Crippen molar-refractivity contribution in [3.05, 3.63) is 28.3 Å². The van der Waals surface area contributed by atoms with Crippen molar-refractivity contribution in [2.75, 3.05) is 0 Å². The van der Waals surface area contributed by atoms with Gasteiger partial charge in [0.25, 0.3) is 0 Å². The van der Waals surface area contributed by atoms with Crippen molar-refractivity contribution >= 4 is 17.5 Å². The third-order valence-corrected chi connectivity index (χ3v) is 1.86. The fourth-order valence-electron chi connectivity index (χ4n) is 0.932. The predicted molar refractivity (Wildman–Crippen MR) is 46.4 cm³/mol. The number of amides is 1. The van der Waals surface area contributed by atoms with Crippen LogP contribution in [0, 0.1) is 6.92 Å². The van der Waals surface area contributed by atoms with E-state index in [1.54, 1.807) is 6.92 Å². The average molecular weight is 186 g/mol. The normalized spacial score (nSPS) is 9.83. The first-order valence-corrected chi connectivity index (χ1v) is 3.69. The van der Waals surface area contributed by atoms with Gasteiger partial charge in [-0.05, 0) is 24.6 Å². The molecule has 0 bridgehead atoms.